The van der Waals surface area contributed by atoms with Gasteiger partial charge in [-0.25, -0.2) is 4.39 Å². The highest BCUT2D eigenvalue weighted by atomic mass is 19.1. The van der Waals surface area contributed by atoms with E-state index >= 15 is 0 Å². The first-order valence-electron chi connectivity index (χ1n) is 9.73. The molecular formula is C21H27FN4. The van der Waals surface area contributed by atoms with Crippen LogP contribution in [0.3, 0.4) is 0 Å². The van der Waals surface area contributed by atoms with Crippen LogP contribution in [0.15, 0.2) is 36.5 Å². The van der Waals surface area contributed by atoms with Gasteiger partial charge in [-0.05, 0) is 61.6 Å². The molecule has 0 atom stereocenters. The van der Waals surface area contributed by atoms with Crippen LogP contribution in [-0.2, 0) is 12.8 Å². The Morgan fingerprint density at radius 3 is 2.54 bits per heavy atom. The number of aryl methyl sites for hydroxylation is 1. The lowest BCUT2D eigenvalue weighted by Gasteiger charge is -2.36. The lowest BCUT2D eigenvalue weighted by Crippen LogP contribution is -2.47. The van der Waals surface area contributed by atoms with Crippen LogP contribution >= 0.6 is 0 Å². The molecule has 1 aliphatic carbocycles. The van der Waals surface area contributed by atoms with Gasteiger partial charge in [-0.15, -0.1) is 0 Å². The van der Waals surface area contributed by atoms with E-state index in [2.05, 4.69) is 26.2 Å². The van der Waals surface area contributed by atoms with E-state index in [0.717, 1.165) is 57.8 Å². The molecule has 0 radical (unpaired) electrons. The van der Waals surface area contributed by atoms with Gasteiger partial charge in [0.2, 0.25) is 0 Å². The molecule has 2 heterocycles. The van der Waals surface area contributed by atoms with E-state index in [0.29, 0.717) is 0 Å². The van der Waals surface area contributed by atoms with E-state index in [1.54, 1.807) is 12.1 Å². The van der Waals surface area contributed by atoms with Gasteiger partial charge in [0, 0.05) is 62.5 Å². The van der Waals surface area contributed by atoms with Crippen LogP contribution in [0.25, 0.3) is 0 Å². The van der Waals surface area contributed by atoms with Crippen molar-refractivity contribution in [1.82, 2.24) is 9.88 Å². The third-order valence-corrected chi connectivity index (χ3v) is 5.54. The summed E-state index contributed by atoms with van der Waals surface area (Å²) in [5, 5.41) is 3.63. The molecule has 1 fully saturated rings. The number of nitrogens with zero attached hydrogens (tertiary/aromatic N) is 3. The van der Waals surface area contributed by atoms with Crippen LogP contribution in [0.4, 0.5) is 15.8 Å². The van der Waals surface area contributed by atoms with Crippen LogP contribution in [0, 0.1) is 5.82 Å². The summed E-state index contributed by atoms with van der Waals surface area (Å²) in [6, 6.07) is 8.96. The summed E-state index contributed by atoms with van der Waals surface area (Å²) >= 11 is 0. The second-order valence-corrected chi connectivity index (χ2v) is 7.22. The van der Waals surface area contributed by atoms with Gasteiger partial charge >= 0.3 is 0 Å². The van der Waals surface area contributed by atoms with Gasteiger partial charge in [0.1, 0.15) is 5.82 Å². The maximum atomic E-state index is 13.1. The van der Waals surface area contributed by atoms with Crippen molar-refractivity contribution in [3.05, 3.63) is 53.6 Å². The summed E-state index contributed by atoms with van der Waals surface area (Å²) in [7, 11) is 0. The molecule has 1 saturated heterocycles. The molecule has 26 heavy (non-hydrogen) atoms. The van der Waals surface area contributed by atoms with Crippen molar-refractivity contribution in [3.8, 4) is 0 Å². The summed E-state index contributed by atoms with van der Waals surface area (Å²) in [4.78, 5) is 9.38. The number of rotatable bonds is 5. The minimum atomic E-state index is -0.170. The van der Waals surface area contributed by atoms with E-state index in [9.17, 15) is 4.39 Å². The van der Waals surface area contributed by atoms with Gasteiger partial charge in [-0.2, -0.15) is 0 Å². The number of pyridine rings is 1. The highest BCUT2D eigenvalue weighted by molar-refractivity contribution is 5.53. The molecule has 5 heteroatoms. The summed E-state index contributed by atoms with van der Waals surface area (Å²) in [5.41, 5.74) is 5.11. The van der Waals surface area contributed by atoms with E-state index < -0.39 is 0 Å². The van der Waals surface area contributed by atoms with Gasteiger partial charge in [-0.1, -0.05) is 0 Å². The summed E-state index contributed by atoms with van der Waals surface area (Å²) < 4.78 is 13.1. The molecule has 0 spiro atoms. The number of fused-ring (bicyclic) bond motifs is 1. The topological polar surface area (TPSA) is 31.4 Å². The molecule has 0 bridgehead atoms. The highest BCUT2D eigenvalue weighted by Crippen LogP contribution is 2.26. The molecule has 4 rings (SSSR count). The van der Waals surface area contributed by atoms with Crippen molar-refractivity contribution >= 4 is 11.4 Å². The standard InChI is InChI=1S/C21H27FN4/c22-17-5-7-18(8-6-17)26-15-13-25(14-16-26)12-11-24-21-9-10-23-20-4-2-1-3-19(20)21/h5-10H,1-4,11-16H2,(H,23,24). The minimum absolute atomic E-state index is 0.170. The van der Waals surface area contributed by atoms with Crippen LogP contribution in [0.2, 0.25) is 0 Å². The molecule has 1 aromatic carbocycles. The van der Waals surface area contributed by atoms with Gasteiger partial charge in [0.15, 0.2) is 0 Å². The van der Waals surface area contributed by atoms with Crippen molar-refractivity contribution in [2.75, 3.05) is 49.5 Å². The quantitative estimate of drug-likeness (QED) is 0.892. The van der Waals surface area contributed by atoms with Crippen molar-refractivity contribution in [1.29, 1.82) is 0 Å². The lowest BCUT2D eigenvalue weighted by atomic mass is 9.95. The first-order chi connectivity index (χ1) is 12.8. The molecule has 1 aromatic heterocycles. The third kappa shape index (κ3) is 3.98. The van der Waals surface area contributed by atoms with Crippen molar-refractivity contribution < 1.29 is 4.39 Å². The van der Waals surface area contributed by atoms with Gasteiger partial charge in [0.05, 0.1) is 0 Å². The zero-order chi connectivity index (χ0) is 17.8. The Kier molecular flexibility index (Phi) is 5.34. The van der Waals surface area contributed by atoms with E-state index in [-0.39, 0.29) is 5.82 Å². The number of nitrogens with one attached hydrogen (secondary N) is 1. The molecule has 0 amide bonds. The first kappa shape index (κ1) is 17.3. The van der Waals surface area contributed by atoms with Gasteiger partial charge < -0.3 is 10.2 Å². The molecule has 0 unspecified atom stereocenters. The zero-order valence-electron chi connectivity index (χ0n) is 15.3. The van der Waals surface area contributed by atoms with Crippen LogP contribution in [-0.4, -0.2) is 49.2 Å². The number of anilines is 2. The zero-order valence-corrected chi connectivity index (χ0v) is 15.3. The molecule has 138 valence electrons. The van der Waals surface area contributed by atoms with Crippen LogP contribution in [0.1, 0.15) is 24.1 Å². The van der Waals surface area contributed by atoms with Crippen molar-refractivity contribution in [2.24, 2.45) is 0 Å². The molecule has 2 aliphatic rings. The number of hydrogen-bond acceptors (Lipinski definition) is 4. The molecular weight excluding hydrogens is 327 g/mol. The van der Waals surface area contributed by atoms with E-state index in [4.69, 9.17) is 0 Å². The fraction of sp³-hybridized carbons (Fsp3) is 0.476. The molecule has 4 nitrogen and oxygen atoms in total. The Bertz CT molecular complexity index is 723. The molecule has 0 saturated carbocycles. The SMILES string of the molecule is Fc1ccc(N2CCN(CCNc3ccnc4c3CCCC4)CC2)cc1. The molecule has 1 N–H and O–H groups in total. The maximum Gasteiger partial charge on any atom is 0.123 e. The van der Waals surface area contributed by atoms with Crippen molar-refractivity contribution in [2.45, 2.75) is 25.7 Å². The number of aromatic nitrogens is 1. The Hall–Kier alpha value is -2.14. The van der Waals surface area contributed by atoms with Gasteiger partial charge in [0.25, 0.3) is 0 Å². The second kappa shape index (κ2) is 8.04. The highest BCUT2D eigenvalue weighted by Gasteiger charge is 2.18. The number of benzene rings is 1. The molecule has 2 aromatic rings. The Morgan fingerprint density at radius 1 is 0.962 bits per heavy atom. The average molecular weight is 354 g/mol. The summed E-state index contributed by atoms with van der Waals surface area (Å²) in [6.45, 7) is 6.11. The van der Waals surface area contributed by atoms with Crippen LogP contribution in [0.5, 0.6) is 0 Å². The van der Waals surface area contributed by atoms with E-state index in [1.165, 1.54) is 29.8 Å². The largest absolute Gasteiger partial charge is 0.383 e. The first-order valence-corrected chi connectivity index (χ1v) is 9.73. The summed E-state index contributed by atoms with van der Waals surface area (Å²) in [5.74, 6) is -0.170. The fourth-order valence-electron chi connectivity index (χ4n) is 4.02. The van der Waals surface area contributed by atoms with Crippen LogP contribution < -0.4 is 10.2 Å². The van der Waals surface area contributed by atoms with Gasteiger partial charge in [-0.3, -0.25) is 9.88 Å². The maximum absolute atomic E-state index is 13.1. The Morgan fingerprint density at radius 2 is 1.73 bits per heavy atom. The van der Waals surface area contributed by atoms with Crippen molar-refractivity contribution in [3.63, 3.8) is 0 Å². The number of hydrogen-bond donors (Lipinski definition) is 1. The smallest absolute Gasteiger partial charge is 0.123 e. The fourth-order valence-corrected chi connectivity index (χ4v) is 4.02. The Labute approximate surface area is 155 Å². The monoisotopic (exact) mass is 354 g/mol. The normalized spacial score (nSPS) is 17.8. The predicted octanol–water partition coefficient (Wildman–Crippen LogP) is 3.33. The average Bonchev–Trinajstić information content (AvgIpc) is 2.69. The summed E-state index contributed by atoms with van der Waals surface area (Å²) in [6.07, 6.45) is 6.76. The lowest BCUT2D eigenvalue weighted by molar-refractivity contribution is 0.267. The number of piperazine rings is 1. The Balaban J connectivity index is 1.25. The minimum Gasteiger partial charge on any atom is -0.383 e. The van der Waals surface area contributed by atoms with E-state index in [1.807, 2.05) is 18.3 Å². The number of halogens is 1. The molecule has 1 aliphatic heterocycles. The third-order valence-electron chi connectivity index (χ3n) is 5.54. The second-order valence-electron chi connectivity index (χ2n) is 7.22. The predicted molar refractivity (Wildman–Crippen MR) is 104 cm³/mol.